The summed E-state index contributed by atoms with van der Waals surface area (Å²) in [7, 11) is 0. The normalized spacial score (nSPS) is 16.9. The van der Waals surface area contributed by atoms with Crippen molar-refractivity contribution in [1.29, 1.82) is 0 Å². The Labute approximate surface area is 120 Å². The Morgan fingerprint density at radius 2 is 2.00 bits per heavy atom. The van der Waals surface area contributed by atoms with Crippen molar-refractivity contribution in [3.8, 4) is 0 Å². The molecule has 1 saturated heterocycles. The van der Waals surface area contributed by atoms with Gasteiger partial charge in [-0.15, -0.1) is 12.4 Å². The number of nitrogens with zero attached hydrogens (tertiary/aromatic N) is 1. The lowest BCUT2D eigenvalue weighted by Crippen LogP contribution is -2.42. The number of hydrogen-bond donors (Lipinski definition) is 1. The standard InChI is InChI=1S/C12H15F3N2O2.ClH/c13-12(14,15)9-1-3-17(4-2-9)11(18)8-5-10(6-16)19-7-8;/h5,7,9H,1-4,6,16H2;1H. The van der Waals surface area contributed by atoms with E-state index in [0.29, 0.717) is 11.3 Å². The number of carbonyl (C=O) groups excluding carboxylic acids is 1. The van der Waals surface area contributed by atoms with Crippen LogP contribution in [-0.2, 0) is 6.54 Å². The van der Waals surface area contributed by atoms with E-state index >= 15 is 0 Å². The molecule has 0 aliphatic carbocycles. The number of piperidine rings is 1. The summed E-state index contributed by atoms with van der Waals surface area (Å²) in [5.74, 6) is -1.13. The predicted octanol–water partition coefficient (Wildman–Crippen LogP) is 2.57. The van der Waals surface area contributed by atoms with Crippen molar-refractivity contribution in [3.63, 3.8) is 0 Å². The van der Waals surface area contributed by atoms with Crippen molar-refractivity contribution in [2.75, 3.05) is 13.1 Å². The van der Waals surface area contributed by atoms with Crippen LogP contribution in [-0.4, -0.2) is 30.1 Å². The third-order valence-electron chi connectivity index (χ3n) is 3.35. The minimum absolute atomic E-state index is 0. The molecule has 8 heteroatoms. The highest BCUT2D eigenvalue weighted by atomic mass is 35.5. The lowest BCUT2D eigenvalue weighted by molar-refractivity contribution is -0.183. The molecule has 0 spiro atoms. The summed E-state index contributed by atoms with van der Waals surface area (Å²) in [5.41, 5.74) is 5.70. The molecule has 0 unspecified atom stereocenters. The number of carbonyl (C=O) groups is 1. The zero-order chi connectivity index (χ0) is 14.0. The Hall–Kier alpha value is -1.21. The maximum absolute atomic E-state index is 12.5. The largest absolute Gasteiger partial charge is 0.467 e. The molecule has 1 aliphatic heterocycles. The summed E-state index contributed by atoms with van der Waals surface area (Å²) in [6, 6.07) is 1.53. The quantitative estimate of drug-likeness (QED) is 0.913. The van der Waals surface area contributed by atoms with Crippen LogP contribution in [0.1, 0.15) is 29.0 Å². The van der Waals surface area contributed by atoms with Crippen LogP contribution in [0.2, 0.25) is 0 Å². The Balaban J connectivity index is 0.00000200. The Morgan fingerprint density at radius 3 is 2.45 bits per heavy atom. The fourth-order valence-corrected chi connectivity index (χ4v) is 2.19. The first-order valence-electron chi connectivity index (χ1n) is 6.05. The number of furan rings is 1. The van der Waals surface area contributed by atoms with Crippen LogP contribution < -0.4 is 5.73 Å². The van der Waals surface area contributed by atoms with Crippen molar-refractivity contribution >= 4 is 18.3 Å². The second-order valence-electron chi connectivity index (χ2n) is 4.61. The van der Waals surface area contributed by atoms with E-state index in [0.717, 1.165) is 0 Å². The molecule has 1 aromatic rings. The fourth-order valence-electron chi connectivity index (χ4n) is 2.19. The van der Waals surface area contributed by atoms with Crippen molar-refractivity contribution in [2.45, 2.75) is 25.6 Å². The van der Waals surface area contributed by atoms with Gasteiger partial charge in [-0.2, -0.15) is 13.2 Å². The number of likely N-dealkylation sites (tertiary alicyclic amines) is 1. The maximum Gasteiger partial charge on any atom is 0.391 e. The van der Waals surface area contributed by atoms with E-state index in [4.69, 9.17) is 10.2 Å². The molecule has 2 heterocycles. The molecule has 20 heavy (non-hydrogen) atoms. The van der Waals surface area contributed by atoms with Crippen LogP contribution in [0.4, 0.5) is 13.2 Å². The highest BCUT2D eigenvalue weighted by Gasteiger charge is 2.41. The Bertz CT molecular complexity index is 454. The molecule has 2 rings (SSSR count). The third-order valence-corrected chi connectivity index (χ3v) is 3.35. The van der Waals surface area contributed by atoms with E-state index in [1.165, 1.54) is 17.2 Å². The SMILES string of the molecule is Cl.NCc1cc(C(=O)N2CCC(C(F)(F)F)CC2)co1. The molecule has 2 N–H and O–H groups in total. The molecule has 0 bridgehead atoms. The smallest absolute Gasteiger partial charge is 0.391 e. The minimum atomic E-state index is -4.17. The molecular formula is C12H16ClF3N2O2. The van der Waals surface area contributed by atoms with E-state index in [2.05, 4.69) is 0 Å². The van der Waals surface area contributed by atoms with Gasteiger partial charge < -0.3 is 15.1 Å². The topological polar surface area (TPSA) is 59.5 Å². The highest BCUT2D eigenvalue weighted by Crippen LogP contribution is 2.34. The molecule has 1 aromatic heterocycles. The van der Waals surface area contributed by atoms with Crippen LogP contribution in [0.15, 0.2) is 16.7 Å². The highest BCUT2D eigenvalue weighted by molar-refractivity contribution is 5.94. The van der Waals surface area contributed by atoms with E-state index in [-0.39, 0.29) is 50.8 Å². The van der Waals surface area contributed by atoms with Crippen molar-refractivity contribution < 1.29 is 22.4 Å². The summed E-state index contributed by atoms with van der Waals surface area (Å²) in [6.45, 7) is 0.418. The minimum Gasteiger partial charge on any atom is -0.467 e. The molecule has 114 valence electrons. The Morgan fingerprint density at radius 1 is 1.40 bits per heavy atom. The van der Waals surface area contributed by atoms with E-state index < -0.39 is 12.1 Å². The van der Waals surface area contributed by atoms with Crippen LogP contribution in [0, 0.1) is 5.92 Å². The molecule has 0 aromatic carbocycles. The summed E-state index contributed by atoms with van der Waals surface area (Å²) in [5, 5.41) is 0. The number of alkyl halides is 3. The van der Waals surface area contributed by atoms with Gasteiger partial charge in [0.05, 0.1) is 18.0 Å². The van der Waals surface area contributed by atoms with Crippen LogP contribution in [0.5, 0.6) is 0 Å². The number of halogens is 4. The maximum atomic E-state index is 12.5. The number of rotatable bonds is 2. The zero-order valence-electron chi connectivity index (χ0n) is 10.7. The lowest BCUT2D eigenvalue weighted by Gasteiger charge is -2.32. The van der Waals surface area contributed by atoms with Gasteiger partial charge in [0.15, 0.2) is 0 Å². The molecular weight excluding hydrogens is 297 g/mol. The van der Waals surface area contributed by atoms with Crippen molar-refractivity contribution in [2.24, 2.45) is 11.7 Å². The molecule has 1 aliphatic rings. The number of amides is 1. The van der Waals surface area contributed by atoms with E-state index in [9.17, 15) is 18.0 Å². The van der Waals surface area contributed by atoms with Gasteiger partial charge in [0.1, 0.15) is 12.0 Å². The number of nitrogens with two attached hydrogens (primary N) is 1. The first-order chi connectivity index (χ1) is 8.91. The van der Waals surface area contributed by atoms with Gasteiger partial charge in [-0.25, -0.2) is 0 Å². The van der Waals surface area contributed by atoms with E-state index in [1.807, 2.05) is 0 Å². The molecule has 0 radical (unpaired) electrons. The lowest BCUT2D eigenvalue weighted by atomic mass is 9.96. The van der Waals surface area contributed by atoms with Gasteiger partial charge in [-0.3, -0.25) is 4.79 Å². The summed E-state index contributed by atoms with van der Waals surface area (Å²) in [4.78, 5) is 13.5. The first kappa shape index (κ1) is 16.8. The average Bonchev–Trinajstić information content (AvgIpc) is 2.86. The first-order valence-corrected chi connectivity index (χ1v) is 6.05. The van der Waals surface area contributed by atoms with E-state index in [1.54, 1.807) is 0 Å². The zero-order valence-corrected chi connectivity index (χ0v) is 11.5. The van der Waals surface area contributed by atoms with Gasteiger partial charge >= 0.3 is 6.18 Å². The summed E-state index contributed by atoms with van der Waals surface area (Å²) < 4.78 is 42.6. The van der Waals surface area contributed by atoms with Crippen LogP contribution in [0.25, 0.3) is 0 Å². The second-order valence-corrected chi connectivity index (χ2v) is 4.61. The monoisotopic (exact) mass is 312 g/mol. The van der Waals surface area contributed by atoms with Gasteiger partial charge in [0, 0.05) is 13.1 Å². The average molecular weight is 313 g/mol. The predicted molar refractivity (Wildman–Crippen MR) is 68.5 cm³/mol. The van der Waals surface area contributed by atoms with Crippen LogP contribution in [0.3, 0.4) is 0 Å². The molecule has 0 atom stereocenters. The molecule has 1 amide bonds. The van der Waals surface area contributed by atoms with Gasteiger partial charge in [0.2, 0.25) is 0 Å². The number of hydrogen-bond acceptors (Lipinski definition) is 3. The molecule has 0 saturated carbocycles. The van der Waals surface area contributed by atoms with Crippen molar-refractivity contribution in [3.05, 3.63) is 23.7 Å². The van der Waals surface area contributed by atoms with Crippen molar-refractivity contribution in [1.82, 2.24) is 4.90 Å². The van der Waals surface area contributed by atoms with Gasteiger partial charge in [-0.05, 0) is 18.9 Å². The molecule has 4 nitrogen and oxygen atoms in total. The summed E-state index contributed by atoms with van der Waals surface area (Å²) >= 11 is 0. The third kappa shape index (κ3) is 3.67. The second kappa shape index (κ2) is 6.49. The summed E-state index contributed by atoms with van der Waals surface area (Å²) in [6.07, 6.45) is -2.97. The fraction of sp³-hybridized carbons (Fsp3) is 0.583. The van der Waals surface area contributed by atoms with Gasteiger partial charge in [0.25, 0.3) is 5.91 Å². The van der Waals surface area contributed by atoms with Gasteiger partial charge in [-0.1, -0.05) is 0 Å². The van der Waals surface area contributed by atoms with Crippen LogP contribution >= 0.6 is 12.4 Å². The Kier molecular flexibility index (Phi) is 5.47. The molecule has 1 fully saturated rings.